The molecule has 5 heteroatoms. The number of anilines is 1. The Morgan fingerprint density at radius 2 is 2.00 bits per heavy atom. The van der Waals surface area contributed by atoms with E-state index in [0.717, 1.165) is 30.5 Å². The summed E-state index contributed by atoms with van der Waals surface area (Å²) >= 11 is 0. The molecule has 136 valence electrons. The third kappa shape index (κ3) is 3.71. The zero-order valence-electron chi connectivity index (χ0n) is 15.5. The van der Waals surface area contributed by atoms with Crippen LogP contribution in [0.3, 0.4) is 0 Å². The van der Waals surface area contributed by atoms with Gasteiger partial charge in [-0.15, -0.1) is 0 Å². The van der Waals surface area contributed by atoms with Crippen molar-refractivity contribution in [3.05, 3.63) is 29.3 Å². The predicted octanol–water partition coefficient (Wildman–Crippen LogP) is 3.02. The number of ether oxygens (including phenoxy) is 1. The first kappa shape index (κ1) is 17.9. The van der Waals surface area contributed by atoms with Crippen LogP contribution in [0, 0.1) is 0 Å². The maximum Gasteiger partial charge on any atom is 0.256 e. The van der Waals surface area contributed by atoms with E-state index in [-0.39, 0.29) is 24.0 Å². The number of carbonyl (C=O) groups is 2. The molecule has 1 atom stereocenters. The van der Waals surface area contributed by atoms with E-state index in [4.69, 9.17) is 4.74 Å². The molecule has 0 bridgehead atoms. The molecule has 1 aromatic carbocycles. The van der Waals surface area contributed by atoms with Gasteiger partial charge in [-0.1, -0.05) is 19.8 Å². The van der Waals surface area contributed by atoms with Crippen molar-refractivity contribution in [2.75, 3.05) is 25.5 Å². The minimum atomic E-state index is -0.364. The lowest BCUT2D eigenvalue weighted by Crippen LogP contribution is -2.40. The molecule has 1 aliphatic heterocycles. The Balaban J connectivity index is 1.74. The standard InChI is InChI=1S/C20H28N2O3/c1-4-18(25-16-7-5-6-8-16)20(24)22-12-11-14-13-15(9-10-17(14)22)19(23)21(2)3/h9-10,13,16,18H,4-8,11-12H2,1-3H3/t18-/m1/s1. The first-order valence-corrected chi connectivity index (χ1v) is 9.32. The van der Waals surface area contributed by atoms with E-state index < -0.39 is 0 Å². The molecule has 2 amide bonds. The molecule has 1 heterocycles. The average Bonchev–Trinajstić information content (AvgIpc) is 3.27. The highest BCUT2D eigenvalue weighted by molar-refractivity contribution is 6.00. The maximum absolute atomic E-state index is 13.0. The number of fused-ring (bicyclic) bond motifs is 1. The van der Waals surface area contributed by atoms with Gasteiger partial charge in [0.2, 0.25) is 0 Å². The van der Waals surface area contributed by atoms with Crippen LogP contribution < -0.4 is 4.90 Å². The number of hydrogen-bond donors (Lipinski definition) is 0. The van der Waals surface area contributed by atoms with Gasteiger partial charge in [-0.05, 0) is 49.4 Å². The summed E-state index contributed by atoms with van der Waals surface area (Å²) in [7, 11) is 3.50. The van der Waals surface area contributed by atoms with Crippen LogP contribution in [0.5, 0.6) is 0 Å². The summed E-state index contributed by atoms with van der Waals surface area (Å²) in [4.78, 5) is 28.5. The summed E-state index contributed by atoms with van der Waals surface area (Å²) in [5, 5.41) is 0. The van der Waals surface area contributed by atoms with Gasteiger partial charge in [-0.2, -0.15) is 0 Å². The Morgan fingerprint density at radius 3 is 2.64 bits per heavy atom. The molecule has 1 aromatic rings. The Morgan fingerprint density at radius 1 is 1.28 bits per heavy atom. The van der Waals surface area contributed by atoms with Crippen molar-refractivity contribution in [3.8, 4) is 0 Å². The third-order valence-corrected chi connectivity index (χ3v) is 5.20. The molecule has 1 saturated carbocycles. The predicted molar refractivity (Wildman–Crippen MR) is 97.9 cm³/mol. The van der Waals surface area contributed by atoms with Crippen molar-refractivity contribution in [3.63, 3.8) is 0 Å². The van der Waals surface area contributed by atoms with Crippen LogP contribution >= 0.6 is 0 Å². The van der Waals surface area contributed by atoms with E-state index in [2.05, 4.69) is 0 Å². The fourth-order valence-corrected chi connectivity index (χ4v) is 3.78. The van der Waals surface area contributed by atoms with Crippen LogP contribution in [0.25, 0.3) is 0 Å². The van der Waals surface area contributed by atoms with Gasteiger partial charge in [0.1, 0.15) is 6.10 Å². The molecule has 1 aliphatic carbocycles. The van der Waals surface area contributed by atoms with E-state index >= 15 is 0 Å². The molecule has 0 aromatic heterocycles. The molecular formula is C20H28N2O3. The highest BCUT2D eigenvalue weighted by Crippen LogP contribution is 2.31. The second-order valence-electron chi connectivity index (χ2n) is 7.22. The van der Waals surface area contributed by atoms with Gasteiger partial charge >= 0.3 is 0 Å². The number of benzene rings is 1. The summed E-state index contributed by atoms with van der Waals surface area (Å²) in [6.07, 6.45) is 5.88. The molecule has 0 unspecified atom stereocenters. The lowest BCUT2D eigenvalue weighted by Gasteiger charge is -2.26. The van der Waals surface area contributed by atoms with Crippen molar-refractivity contribution >= 4 is 17.5 Å². The molecule has 0 spiro atoms. The Labute approximate surface area is 149 Å². The van der Waals surface area contributed by atoms with E-state index in [1.807, 2.05) is 30.0 Å². The first-order valence-electron chi connectivity index (χ1n) is 9.32. The van der Waals surface area contributed by atoms with Gasteiger partial charge in [-0.25, -0.2) is 0 Å². The zero-order chi connectivity index (χ0) is 18.0. The monoisotopic (exact) mass is 344 g/mol. The molecule has 1 fully saturated rings. The van der Waals surface area contributed by atoms with E-state index in [1.165, 1.54) is 12.8 Å². The lowest BCUT2D eigenvalue weighted by atomic mass is 10.1. The SMILES string of the molecule is CC[C@@H](OC1CCCC1)C(=O)N1CCc2cc(C(=O)N(C)C)ccc21. The molecule has 0 N–H and O–H groups in total. The van der Waals surface area contributed by atoms with Crippen molar-refractivity contribution < 1.29 is 14.3 Å². The molecular weight excluding hydrogens is 316 g/mol. The number of hydrogen-bond acceptors (Lipinski definition) is 3. The van der Waals surface area contributed by atoms with Crippen LogP contribution in [0.2, 0.25) is 0 Å². The number of rotatable bonds is 5. The maximum atomic E-state index is 13.0. The fourth-order valence-electron chi connectivity index (χ4n) is 3.78. The first-order chi connectivity index (χ1) is 12.0. The minimum absolute atomic E-state index is 0.0106. The molecule has 5 nitrogen and oxygen atoms in total. The van der Waals surface area contributed by atoms with Gasteiger partial charge in [0.25, 0.3) is 11.8 Å². The van der Waals surface area contributed by atoms with E-state index in [0.29, 0.717) is 18.5 Å². The third-order valence-electron chi connectivity index (χ3n) is 5.20. The zero-order valence-corrected chi connectivity index (χ0v) is 15.5. The molecule has 0 radical (unpaired) electrons. The topological polar surface area (TPSA) is 49.9 Å². The summed E-state index contributed by atoms with van der Waals surface area (Å²) in [6, 6.07) is 5.63. The van der Waals surface area contributed by atoms with Gasteiger partial charge in [0.15, 0.2) is 0 Å². The summed E-state index contributed by atoms with van der Waals surface area (Å²) in [5.41, 5.74) is 2.66. The van der Waals surface area contributed by atoms with Crippen molar-refractivity contribution in [2.45, 2.75) is 57.7 Å². The second-order valence-corrected chi connectivity index (χ2v) is 7.22. The summed E-state index contributed by atoms with van der Waals surface area (Å²) in [6.45, 7) is 2.67. The molecule has 2 aliphatic rings. The number of amides is 2. The molecule has 3 rings (SSSR count). The number of carbonyl (C=O) groups excluding carboxylic acids is 2. The van der Waals surface area contributed by atoms with Crippen molar-refractivity contribution in [1.82, 2.24) is 4.90 Å². The lowest BCUT2D eigenvalue weighted by molar-refractivity contribution is -0.133. The largest absolute Gasteiger partial charge is 0.365 e. The van der Waals surface area contributed by atoms with Crippen LogP contribution in [0.15, 0.2) is 18.2 Å². The smallest absolute Gasteiger partial charge is 0.256 e. The normalized spacial score (nSPS) is 18.3. The van der Waals surface area contributed by atoms with Crippen molar-refractivity contribution in [1.29, 1.82) is 0 Å². The van der Waals surface area contributed by atoms with Crippen LogP contribution in [-0.2, 0) is 16.0 Å². The quantitative estimate of drug-likeness (QED) is 0.825. The molecule has 25 heavy (non-hydrogen) atoms. The van der Waals surface area contributed by atoms with E-state index in [9.17, 15) is 9.59 Å². The Hall–Kier alpha value is -1.88. The van der Waals surface area contributed by atoms with Gasteiger partial charge in [0.05, 0.1) is 6.10 Å². The highest BCUT2D eigenvalue weighted by Gasteiger charge is 2.32. The van der Waals surface area contributed by atoms with Gasteiger partial charge in [0, 0.05) is 31.9 Å². The van der Waals surface area contributed by atoms with Crippen LogP contribution in [0.4, 0.5) is 5.69 Å². The summed E-state index contributed by atoms with van der Waals surface area (Å²) < 4.78 is 6.09. The van der Waals surface area contributed by atoms with E-state index in [1.54, 1.807) is 19.0 Å². The molecule has 0 saturated heterocycles. The minimum Gasteiger partial charge on any atom is -0.365 e. The Kier molecular flexibility index (Phi) is 5.42. The fraction of sp³-hybridized carbons (Fsp3) is 0.600. The summed E-state index contributed by atoms with van der Waals surface area (Å²) in [5.74, 6) is 0.0448. The Bertz CT molecular complexity index is 650. The van der Waals surface area contributed by atoms with Crippen LogP contribution in [0.1, 0.15) is 54.9 Å². The van der Waals surface area contributed by atoms with Crippen molar-refractivity contribution in [2.24, 2.45) is 0 Å². The second kappa shape index (κ2) is 7.56. The number of nitrogens with zero attached hydrogens (tertiary/aromatic N) is 2. The van der Waals surface area contributed by atoms with Crippen LogP contribution in [-0.4, -0.2) is 49.6 Å². The average molecular weight is 344 g/mol. The highest BCUT2D eigenvalue weighted by atomic mass is 16.5. The van der Waals surface area contributed by atoms with Gasteiger partial charge < -0.3 is 14.5 Å². The van der Waals surface area contributed by atoms with Gasteiger partial charge in [-0.3, -0.25) is 9.59 Å².